The summed E-state index contributed by atoms with van der Waals surface area (Å²) in [4.78, 5) is 22.8. The largest absolute Gasteiger partial charge is 0.309 e. The van der Waals surface area contributed by atoms with Crippen LogP contribution in [0.3, 0.4) is 0 Å². The molecule has 33 heavy (non-hydrogen) atoms. The fourth-order valence-corrected chi connectivity index (χ4v) is 4.13. The third kappa shape index (κ3) is 5.53. The quantitative estimate of drug-likeness (QED) is 0.439. The molecular formula is C29H29N3O. The molecule has 0 radical (unpaired) electrons. The first-order valence-electron chi connectivity index (χ1n) is 11.4. The lowest BCUT2D eigenvalue weighted by Crippen LogP contribution is -2.20. The Kier molecular flexibility index (Phi) is 7.26. The summed E-state index contributed by atoms with van der Waals surface area (Å²) in [6, 6.07) is 18.1. The molecule has 0 bridgehead atoms. The van der Waals surface area contributed by atoms with Crippen molar-refractivity contribution in [2.75, 3.05) is 5.32 Å². The molecule has 0 atom stereocenters. The molecule has 0 saturated carbocycles. The molecule has 3 aromatic rings. The summed E-state index contributed by atoms with van der Waals surface area (Å²) in [7, 11) is 0. The van der Waals surface area contributed by atoms with Gasteiger partial charge in [0.2, 0.25) is 5.91 Å². The molecule has 0 spiro atoms. The van der Waals surface area contributed by atoms with E-state index in [4.69, 9.17) is 9.97 Å². The number of nitrogens with one attached hydrogen (secondary N) is 1. The van der Waals surface area contributed by atoms with Gasteiger partial charge in [0.15, 0.2) is 5.82 Å². The zero-order valence-electron chi connectivity index (χ0n) is 19.1. The van der Waals surface area contributed by atoms with E-state index in [-0.39, 0.29) is 5.91 Å². The molecule has 1 aliphatic carbocycles. The topological polar surface area (TPSA) is 54.9 Å². The van der Waals surface area contributed by atoms with Crippen LogP contribution >= 0.6 is 0 Å². The number of hydrogen-bond donors (Lipinski definition) is 1. The third-order valence-corrected chi connectivity index (χ3v) is 5.88. The lowest BCUT2D eigenvalue weighted by Gasteiger charge is -2.21. The molecule has 1 amide bonds. The van der Waals surface area contributed by atoms with Crippen LogP contribution < -0.4 is 5.32 Å². The smallest absolute Gasteiger partial charge is 0.229 e. The molecule has 1 aliphatic rings. The standard InChI is InChI=1S/C29H29N3O/c1-3-5-11-21(4-2)16-18-26-29(32-27(33)20-22-12-7-6-8-13-22)31-25-19-17-23-14-9-10-15-24(23)28(25)30-26/h3-15H,1,16-20H2,2H3,(H,31,32,33)/b11-5-,21-4+. The Morgan fingerprint density at radius 2 is 1.85 bits per heavy atom. The number of allylic oxidation sites excluding steroid dienone is 5. The lowest BCUT2D eigenvalue weighted by atomic mass is 9.91. The average Bonchev–Trinajstić information content (AvgIpc) is 2.84. The molecule has 4 rings (SSSR count). The highest BCUT2D eigenvalue weighted by Crippen LogP contribution is 2.33. The van der Waals surface area contributed by atoms with Crippen LogP contribution in [0.15, 0.2) is 91.1 Å². The van der Waals surface area contributed by atoms with Crippen LogP contribution in [-0.4, -0.2) is 15.9 Å². The van der Waals surface area contributed by atoms with Crippen molar-refractivity contribution in [1.29, 1.82) is 0 Å². The molecule has 4 nitrogen and oxygen atoms in total. The van der Waals surface area contributed by atoms with Crippen molar-refractivity contribution in [3.63, 3.8) is 0 Å². The van der Waals surface area contributed by atoms with Gasteiger partial charge >= 0.3 is 0 Å². The number of aryl methyl sites for hydroxylation is 3. The highest BCUT2D eigenvalue weighted by Gasteiger charge is 2.22. The second-order valence-corrected chi connectivity index (χ2v) is 8.14. The summed E-state index contributed by atoms with van der Waals surface area (Å²) in [5, 5.41) is 3.05. The Labute approximate surface area is 195 Å². The Hall–Kier alpha value is -3.79. The van der Waals surface area contributed by atoms with Gasteiger partial charge in [0, 0.05) is 5.56 Å². The van der Waals surface area contributed by atoms with E-state index in [2.05, 4.69) is 42.2 Å². The number of aromatic nitrogens is 2. The second-order valence-electron chi connectivity index (χ2n) is 8.14. The first kappa shape index (κ1) is 22.4. The molecule has 1 heterocycles. The Bertz CT molecular complexity index is 1210. The predicted molar refractivity (Wildman–Crippen MR) is 135 cm³/mol. The lowest BCUT2D eigenvalue weighted by molar-refractivity contribution is -0.115. The van der Waals surface area contributed by atoms with Crippen molar-refractivity contribution in [3.05, 3.63) is 114 Å². The Morgan fingerprint density at radius 1 is 1.06 bits per heavy atom. The van der Waals surface area contributed by atoms with Gasteiger partial charge in [-0.1, -0.05) is 91.1 Å². The van der Waals surface area contributed by atoms with E-state index in [1.54, 1.807) is 6.08 Å². The number of hydrogen-bond acceptors (Lipinski definition) is 3. The summed E-state index contributed by atoms with van der Waals surface area (Å²) >= 11 is 0. The molecular weight excluding hydrogens is 406 g/mol. The molecule has 2 aromatic carbocycles. The number of rotatable bonds is 8. The van der Waals surface area contributed by atoms with Gasteiger partial charge in [-0.15, -0.1) is 0 Å². The third-order valence-electron chi connectivity index (χ3n) is 5.88. The molecule has 166 valence electrons. The summed E-state index contributed by atoms with van der Waals surface area (Å²) < 4.78 is 0. The number of carbonyl (C=O) groups excluding carboxylic acids is 1. The van der Waals surface area contributed by atoms with E-state index in [1.807, 2.05) is 49.4 Å². The highest BCUT2D eigenvalue weighted by atomic mass is 16.1. The fraction of sp³-hybridized carbons (Fsp3) is 0.207. The van der Waals surface area contributed by atoms with Gasteiger partial charge in [0.1, 0.15) is 0 Å². The van der Waals surface area contributed by atoms with E-state index in [0.717, 1.165) is 47.5 Å². The van der Waals surface area contributed by atoms with Gasteiger partial charge in [-0.2, -0.15) is 0 Å². The molecule has 1 N–H and O–H groups in total. The first-order chi connectivity index (χ1) is 16.2. The van der Waals surface area contributed by atoms with Gasteiger partial charge < -0.3 is 5.32 Å². The number of amides is 1. The molecule has 0 aliphatic heterocycles. The zero-order valence-corrected chi connectivity index (χ0v) is 19.1. The minimum absolute atomic E-state index is 0.0780. The number of fused-ring (bicyclic) bond motifs is 3. The van der Waals surface area contributed by atoms with Gasteiger partial charge in [-0.05, 0) is 43.7 Å². The minimum Gasteiger partial charge on any atom is -0.309 e. The Morgan fingerprint density at radius 3 is 2.64 bits per heavy atom. The molecule has 1 aromatic heterocycles. The van der Waals surface area contributed by atoms with Crippen LogP contribution in [0, 0.1) is 0 Å². The van der Waals surface area contributed by atoms with Gasteiger partial charge in [0.25, 0.3) is 0 Å². The minimum atomic E-state index is -0.0780. The van der Waals surface area contributed by atoms with Crippen LogP contribution in [0.25, 0.3) is 11.3 Å². The molecule has 4 heteroatoms. The summed E-state index contributed by atoms with van der Waals surface area (Å²) in [6.45, 7) is 5.78. The van der Waals surface area contributed by atoms with Crippen molar-refractivity contribution in [2.24, 2.45) is 0 Å². The van der Waals surface area contributed by atoms with Gasteiger partial charge in [0.05, 0.1) is 23.5 Å². The fourth-order valence-electron chi connectivity index (χ4n) is 4.13. The summed E-state index contributed by atoms with van der Waals surface area (Å²) in [5.41, 5.74) is 7.32. The van der Waals surface area contributed by atoms with Gasteiger partial charge in [-0.3, -0.25) is 4.79 Å². The van der Waals surface area contributed by atoms with Crippen LogP contribution in [0.1, 0.15) is 35.9 Å². The molecule has 0 fully saturated rings. The van der Waals surface area contributed by atoms with Crippen molar-refractivity contribution < 1.29 is 4.79 Å². The summed E-state index contributed by atoms with van der Waals surface area (Å²) in [5.74, 6) is 0.503. The van der Waals surface area contributed by atoms with Gasteiger partial charge in [-0.25, -0.2) is 9.97 Å². The number of benzene rings is 2. The van der Waals surface area contributed by atoms with Crippen molar-refractivity contribution in [2.45, 2.75) is 39.0 Å². The molecule has 0 unspecified atom stereocenters. The zero-order chi connectivity index (χ0) is 23.0. The monoisotopic (exact) mass is 435 g/mol. The van der Waals surface area contributed by atoms with E-state index in [9.17, 15) is 4.79 Å². The normalized spacial score (nSPS) is 12.8. The van der Waals surface area contributed by atoms with E-state index in [0.29, 0.717) is 18.7 Å². The second kappa shape index (κ2) is 10.7. The highest BCUT2D eigenvalue weighted by molar-refractivity contribution is 5.92. The van der Waals surface area contributed by atoms with E-state index in [1.165, 1.54) is 11.1 Å². The summed E-state index contributed by atoms with van der Waals surface area (Å²) in [6.07, 6.45) is 11.4. The van der Waals surface area contributed by atoms with Crippen LogP contribution in [0.2, 0.25) is 0 Å². The first-order valence-corrected chi connectivity index (χ1v) is 11.4. The molecule has 0 saturated heterocycles. The van der Waals surface area contributed by atoms with Crippen molar-refractivity contribution in [3.8, 4) is 11.3 Å². The van der Waals surface area contributed by atoms with Crippen LogP contribution in [0.4, 0.5) is 5.82 Å². The van der Waals surface area contributed by atoms with Crippen molar-refractivity contribution >= 4 is 11.7 Å². The van der Waals surface area contributed by atoms with Crippen molar-refractivity contribution in [1.82, 2.24) is 9.97 Å². The van der Waals surface area contributed by atoms with E-state index < -0.39 is 0 Å². The average molecular weight is 436 g/mol. The SMILES string of the molecule is C=C/C=C\C(=C/C)CCc1nc2c(nc1NC(=O)Cc1ccccc1)CCc1ccccc1-2. The van der Waals surface area contributed by atoms with Crippen LogP contribution in [-0.2, 0) is 30.5 Å². The van der Waals surface area contributed by atoms with Crippen LogP contribution in [0.5, 0.6) is 0 Å². The maximum Gasteiger partial charge on any atom is 0.229 e. The maximum absolute atomic E-state index is 12.8. The number of anilines is 1. The Balaban J connectivity index is 1.65. The number of carbonyl (C=O) groups is 1. The maximum atomic E-state index is 12.8. The predicted octanol–water partition coefficient (Wildman–Crippen LogP) is 6.04. The van der Waals surface area contributed by atoms with E-state index >= 15 is 0 Å². The number of nitrogens with zero attached hydrogens (tertiary/aromatic N) is 2.